The molecule has 0 spiro atoms. The van der Waals surface area contributed by atoms with Gasteiger partial charge in [-0.2, -0.15) is 0 Å². The minimum absolute atomic E-state index is 0.192. The van der Waals surface area contributed by atoms with E-state index < -0.39 is 0 Å². The molecule has 0 saturated carbocycles. The number of fused-ring (bicyclic) bond motifs is 1. The van der Waals surface area contributed by atoms with E-state index in [1.54, 1.807) is 6.07 Å². The fraction of sp³-hybridized carbons (Fsp3) is 0. The molecule has 21 heavy (non-hydrogen) atoms. The van der Waals surface area contributed by atoms with Gasteiger partial charge in [0.05, 0.1) is 4.88 Å². The minimum Gasteiger partial charge on any atom is -0.332 e. The molecule has 3 rings (SSSR count). The molecule has 0 saturated heterocycles. The van der Waals surface area contributed by atoms with Crippen molar-refractivity contribution in [2.45, 2.75) is 0 Å². The van der Waals surface area contributed by atoms with Gasteiger partial charge in [0.25, 0.3) is 5.91 Å². The van der Waals surface area contributed by atoms with Crippen LogP contribution in [0.4, 0.5) is 5.69 Å². The van der Waals surface area contributed by atoms with Crippen molar-refractivity contribution in [3.05, 3.63) is 64.9 Å². The summed E-state index contributed by atoms with van der Waals surface area (Å²) in [5.74, 6) is -0.192. The van der Waals surface area contributed by atoms with Gasteiger partial charge in [0.1, 0.15) is 0 Å². The number of thiophene rings is 1. The van der Waals surface area contributed by atoms with Crippen molar-refractivity contribution in [3.8, 4) is 0 Å². The first kappa shape index (κ1) is 13.7. The monoisotopic (exact) mass is 312 g/mol. The van der Waals surface area contributed by atoms with Gasteiger partial charge in [-0.15, -0.1) is 11.3 Å². The number of thiocarbonyl (C=S) groups is 1. The van der Waals surface area contributed by atoms with Crippen molar-refractivity contribution < 1.29 is 4.79 Å². The van der Waals surface area contributed by atoms with Crippen molar-refractivity contribution in [3.63, 3.8) is 0 Å². The molecule has 1 heterocycles. The molecule has 2 N–H and O–H groups in total. The second-order valence-corrected chi connectivity index (χ2v) is 5.77. The molecule has 1 amide bonds. The Kier molecular flexibility index (Phi) is 3.94. The first-order valence-electron chi connectivity index (χ1n) is 6.37. The van der Waals surface area contributed by atoms with Crippen molar-refractivity contribution in [2.75, 3.05) is 5.32 Å². The lowest BCUT2D eigenvalue weighted by atomic mass is 10.1. The molecule has 0 radical (unpaired) electrons. The third-order valence-electron chi connectivity index (χ3n) is 3.01. The third-order valence-corrected chi connectivity index (χ3v) is 4.08. The largest absolute Gasteiger partial charge is 0.332 e. The average molecular weight is 312 g/mol. The van der Waals surface area contributed by atoms with Crippen LogP contribution in [-0.2, 0) is 0 Å². The Bertz CT molecular complexity index is 792. The summed E-state index contributed by atoms with van der Waals surface area (Å²) in [6.07, 6.45) is 0. The quantitative estimate of drug-likeness (QED) is 0.702. The molecule has 0 aliphatic heterocycles. The van der Waals surface area contributed by atoms with Crippen LogP contribution in [0.1, 0.15) is 9.67 Å². The lowest BCUT2D eigenvalue weighted by molar-refractivity contribution is 0.0981. The first-order chi connectivity index (χ1) is 10.2. The molecule has 5 heteroatoms. The molecule has 2 aromatic carbocycles. The smallest absolute Gasteiger partial charge is 0.267 e. The number of hydrogen-bond donors (Lipinski definition) is 2. The molecule has 3 nitrogen and oxygen atoms in total. The standard InChI is InChI=1S/C16H12N2OS2/c19-15(14-9-4-10-21-14)18-16(20)17-13-8-3-6-11-5-1-2-7-12(11)13/h1-10H,(H2,17,18,19,20). The Hall–Kier alpha value is -2.24. The molecule has 0 atom stereocenters. The summed E-state index contributed by atoms with van der Waals surface area (Å²) in [6, 6.07) is 17.5. The molecule has 0 aliphatic rings. The van der Waals surface area contributed by atoms with Crippen LogP contribution in [0.3, 0.4) is 0 Å². The number of rotatable bonds is 2. The highest BCUT2D eigenvalue weighted by Gasteiger charge is 2.09. The van der Waals surface area contributed by atoms with Crippen LogP contribution in [0.5, 0.6) is 0 Å². The van der Waals surface area contributed by atoms with Crippen LogP contribution < -0.4 is 10.6 Å². The van der Waals surface area contributed by atoms with Gasteiger partial charge in [-0.05, 0) is 35.1 Å². The predicted octanol–water partition coefficient (Wildman–Crippen LogP) is 4.03. The summed E-state index contributed by atoms with van der Waals surface area (Å²) in [5.41, 5.74) is 0.879. The summed E-state index contributed by atoms with van der Waals surface area (Å²) in [7, 11) is 0. The minimum atomic E-state index is -0.192. The predicted molar refractivity (Wildman–Crippen MR) is 92.0 cm³/mol. The topological polar surface area (TPSA) is 41.1 Å². The SMILES string of the molecule is O=C(NC(=S)Nc1cccc2ccccc12)c1cccs1. The average Bonchev–Trinajstić information content (AvgIpc) is 3.02. The highest BCUT2D eigenvalue weighted by Crippen LogP contribution is 2.22. The maximum atomic E-state index is 11.9. The van der Waals surface area contributed by atoms with Crippen LogP contribution >= 0.6 is 23.6 Å². The van der Waals surface area contributed by atoms with Crippen LogP contribution in [0.25, 0.3) is 10.8 Å². The molecular weight excluding hydrogens is 300 g/mol. The maximum absolute atomic E-state index is 11.9. The summed E-state index contributed by atoms with van der Waals surface area (Å²) in [5, 5.41) is 10.1. The second kappa shape index (κ2) is 6.03. The van der Waals surface area contributed by atoms with E-state index >= 15 is 0 Å². The zero-order valence-corrected chi connectivity index (χ0v) is 12.6. The van der Waals surface area contributed by atoms with Crippen LogP contribution in [-0.4, -0.2) is 11.0 Å². The van der Waals surface area contributed by atoms with E-state index in [-0.39, 0.29) is 5.91 Å². The number of anilines is 1. The van der Waals surface area contributed by atoms with Crippen molar-refractivity contribution in [2.24, 2.45) is 0 Å². The van der Waals surface area contributed by atoms with Gasteiger partial charge in [-0.3, -0.25) is 10.1 Å². The van der Waals surface area contributed by atoms with E-state index in [1.807, 2.05) is 53.9 Å². The van der Waals surface area contributed by atoms with Crippen LogP contribution in [0.15, 0.2) is 60.0 Å². The molecule has 0 aliphatic carbocycles. The molecule has 3 aromatic rings. The molecule has 1 aromatic heterocycles. The summed E-state index contributed by atoms with van der Waals surface area (Å²) >= 11 is 6.59. The van der Waals surface area contributed by atoms with Crippen molar-refractivity contribution in [1.82, 2.24) is 5.32 Å². The highest BCUT2D eigenvalue weighted by molar-refractivity contribution is 7.80. The summed E-state index contributed by atoms with van der Waals surface area (Å²) in [4.78, 5) is 12.6. The zero-order valence-electron chi connectivity index (χ0n) is 11.0. The van der Waals surface area contributed by atoms with Gasteiger partial charge in [0.15, 0.2) is 5.11 Å². The van der Waals surface area contributed by atoms with Crippen LogP contribution in [0, 0.1) is 0 Å². The Morgan fingerprint density at radius 2 is 1.81 bits per heavy atom. The van der Waals surface area contributed by atoms with E-state index in [2.05, 4.69) is 10.6 Å². The van der Waals surface area contributed by atoms with Gasteiger partial charge in [0.2, 0.25) is 0 Å². The summed E-state index contributed by atoms with van der Waals surface area (Å²) < 4.78 is 0. The maximum Gasteiger partial charge on any atom is 0.267 e. The van der Waals surface area contributed by atoms with E-state index in [0.717, 1.165) is 16.5 Å². The van der Waals surface area contributed by atoms with Gasteiger partial charge < -0.3 is 5.32 Å². The van der Waals surface area contributed by atoms with Gasteiger partial charge in [-0.25, -0.2) is 0 Å². The number of benzene rings is 2. The Labute approximate surface area is 131 Å². The lowest BCUT2D eigenvalue weighted by Gasteiger charge is -2.11. The van der Waals surface area contributed by atoms with Gasteiger partial charge >= 0.3 is 0 Å². The lowest BCUT2D eigenvalue weighted by Crippen LogP contribution is -2.33. The van der Waals surface area contributed by atoms with Crippen molar-refractivity contribution >= 4 is 51.0 Å². The number of hydrogen-bond acceptors (Lipinski definition) is 3. The summed E-state index contributed by atoms with van der Waals surface area (Å²) in [6.45, 7) is 0. The Balaban J connectivity index is 1.76. The normalized spacial score (nSPS) is 10.3. The number of carbonyl (C=O) groups is 1. The van der Waals surface area contributed by atoms with E-state index in [0.29, 0.717) is 9.99 Å². The molecule has 104 valence electrons. The van der Waals surface area contributed by atoms with Gasteiger partial charge in [0, 0.05) is 11.1 Å². The van der Waals surface area contributed by atoms with Crippen molar-refractivity contribution in [1.29, 1.82) is 0 Å². The second-order valence-electron chi connectivity index (χ2n) is 4.41. The number of amides is 1. The fourth-order valence-electron chi connectivity index (χ4n) is 2.06. The Morgan fingerprint density at radius 1 is 1.00 bits per heavy atom. The first-order valence-corrected chi connectivity index (χ1v) is 7.66. The molecule has 0 fully saturated rings. The fourth-order valence-corrected chi connectivity index (χ4v) is 2.88. The molecule has 0 unspecified atom stereocenters. The molecular formula is C16H12N2OS2. The zero-order chi connectivity index (χ0) is 14.7. The Morgan fingerprint density at radius 3 is 2.62 bits per heavy atom. The van der Waals surface area contributed by atoms with E-state index in [9.17, 15) is 4.79 Å². The highest BCUT2D eigenvalue weighted by atomic mass is 32.1. The van der Waals surface area contributed by atoms with Crippen LogP contribution in [0.2, 0.25) is 0 Å². The number of nitrogens with one attached hydrogen (secondary N) is 2. The van der Waals surface area contributed by atoms with Gasteiger partial charge in [-0.1, -0.05) is 42.5 Å². The number of carbonyl (C=O) groups excluding carboxylic acids is 1. The third kappa shape index (κ3) is 3.09. The molecule has 0 bridgehead atoms. The van der Waals surface area contributed by atoms with E-state index in [4.69, 9.17) is 12.2 Å². The van der Waals surface area contributed by atoms with E-state index in [1.165, 1.54) is 11.3 Å².